The lowest BCUT2D eigenvalue weighted by Crippen LogP contribution is -2.30. The molecule has 24 heavy (non-hydrogen) atoms. The lowest BCUT2D eigenvalue weighted by molar-refractivity contribution is 0.220. The number of amides is 2. The van der Waals surface area contributed by atoms with Gasteiger partial charge in [-0.3, -0.25) is 0 Å². The van der Waals surface area contributed by atoms with Gasteiger partial charge in [0.15, 0.2) is 0 Å². The molecule has 5 heteroatoms. The van der Waals surface area contributed by atoms with E-state index in [1.54, 1.807) is 24.1 Å². The molecule has 0 unspecified atom stereocenters. The Morgan fingerprint density at radius 2 is 2.00 bits per heavy atom. The number of urea groups is 1. The summed E-state index contributed by atoms with van der Waals surface area (Å²) in [5.41, 5.74) is 2.66. The second-order valence-corrected chi connectivity index (χ2v) is 5.90. The summed E-state index contributed by atoms with van der Waals surface area (Å²) in [4.78, 5) is 13.9. The van der Waals surface area contributed by atoms with E-state index in [9.17, 15) is 4.79 Å². The Hall–Kier alpha value is -2.46. The Balaban J connectivity index is 1.93. The van der Waals surface area contributed by atoms with Crippen LogP contribution in [0.15, 0.2) is 55.1 Å². The highest BCUT2D eigenvalue weighted by Gasteiger charge is 2.10. The summed E-state index contributed by atoms with van der Waals surface area (Å²) in [6, 6.07) is 12.9. The Labute approximate surface area is 147 Å². The third-order valence-corrected chi connectivity index (χ3v) is 3.89. The van der Waals surface area contributed by atoms with Crippen molar-refractivity contribution in [1.29, 1.82) is 0 Å². The summed E-state index contributed by atoms with van der Waals surface area (Å²) < 4.78 is 5.44. The summed E-state index contributed by atoms with van der Waals surface area (Å²) >= 11 is 6.07. The first-order valence-corrected chi connectivity index (χ1v) is 7.98. The van der Waals surface area contributed by atoms with Crippen molar-refractivity contribution in [3.05, 3.63) is 71.3 Å². The van der Waals surface area contributed by atoms with E-state index in [2.05, 4.69) is 11.9 Å². The van der Waals surface area contributed by atoms with Crippen molar-refractivity contribution in [3.8, 4) is 5.75 Å². The molecule has 2 aromatic rings. The average Bonchev–Trinajstić information content (AvgIpc) is 2.57. The van der Waals surface area contributed by atoms with Crippen LogP contribution in [0.3, 0.4) is 0 Å². The molecule has 0 aliphatic heterocycles. The highest BCUT2D eigenvalue weighted by atomic mass is 35.5. The number of halogens is 1. The molecule has 0 aliphatic rings. The van der Waals surface area contributed by atoms with Crippen LogP contribution in [-0.2, 0) is 6.54 Å². The maximum Gasteiger partial charge on any atom is 0.321 e. The number of hydrogen-bond acceptors (Lipinski definition) is 2. The second-order valence-electron chi connectivity index (χ2n) is 5.49. The molecule has 0 saturated heterocycles. The molecule has 2 aromatic carbocycles. The van der Waals surface area contributed by atoms with Gasteiger partial charge in [0.05, 0.1) is 0 Å². The van der Waals surface area contributed by atoms with Crippen LogP contribution in [0.1, 0.15) is 11.1 Å². The van der Waals surface area contributed by atoms with Gasteiger partial charge in [-0.1, -0.05) is 42.5 Å². The van der Waals surface area contributed by atoms with Gasteiger partial charge < -0.3 is 15.0 Å². The summed E-state index contributed by atoms with van der Waals surface area (Å²) in [6.07, 6.45) is 1.70. The Morgan fingerprint density at radius 1 is 1.29 bits per heavy atom. The van der Waals surface area contributed by atoms with Gasteiger partial charge in [0, 0.05) is 24.3 Å². The van der Waals surface area contributed by atoms with Crippen LogP contribution in [0.5, 0.6) is 5.75 Å². The van der Waals surface area contributed by atoms with Crippen molar-refractivity contribution in [2.45, 2.75) is 13.5 Å². The minimum absolute atomic E-state index is 0.193. The molecule has 0 fully saturated rings. The molecule has 0 saturated carbocycles. The van der Waals surface area contributed by atoms with E-state index in [0.717, 1.165) is 16.9 Å². The number of carbonyl (C=O) groups is 1. The second kappa shape index (κ2) is 8.41. The molecule has 1 N–H and O–H groups in total. The number of aryl methyl sites for hydroxylation is 1. The lowest BCUT2D eigenvalue weighted by Gasteiger charge is -2.18. The Bertz CT molecular complexity index is 714. The molecule has 0 atom stereocenters. The predicted molar refractivity (Wildman–Crippen MR) is 98.8 cm³/mol. The van der Waals surface area contributed by atoms with E-state index in [1.165, 1.54) is 0 Å². The molecule has 0 radical (unpaired) electrons. The number of nitrogens with one attached hydrogen (secondary N) is 1. The number of hydrogen-bond donors (Lipinski definition) is 1. The fraction of sp³-hybridized carbons (Fsp3) is 0.211. The fourth-order valence-electron chi connectivity index (χ4n) is 2.08. The summed E-state index contributed by atoms with van der Waals surface area (Å²) in [6.45, 7) is 6.50. The molecular weight excluding hydrogens is 324 g/mol. The van der Waals surface area contributed by atoms with Gasteiger partial charge in [-0.15, -0.1) is 0 Å². The van der Waals surface area contributed by atoms with Crippen LogP contribution >= 0.6 is 11.6 Å². The molecule has 0 bridgehead atoms. The van der Waals surface area contributed by atoms with Crippen LogP contribution in [-0.4, -0.2) is 24.6 Å². The molecular formula is C19H21ClN2O2. The molecule has 0 aromatic heterocycles. The SMILES string of the molecule is C=CCOc1ccc(CN(C)C(=O)Nc2ccc(C)c(Cl)c2)cc1. The normalized spacial score (nSPS) is 10.1. The smallest absolute Gasteiger partial charge is 0.321 e. The van der Waals surface area contributed by atoms with E-state index in [-0.39, 0.29) is 6.03 Å². The molecule has 0 spiro atoms. The maximum absolute atomic E-state index is 12.3. The van der Waals surface area contributed by atoms with Crippen molar-refractivity contribution in [2.24, 2.45) is 0 Å². The van der Waals surface area contributed by atoms with E-state index in [4.69, 9.17) is 16.3 Å². The molecule has 126 valence electrons. The number of nitrogens with zero attached hydrogens (tertiary/aromatic N) is 1. The molecule has 0 aliphatic carbocycles. The third kappa shape index (κ3) is 5.03. The summed E-state index contributed by atoms with van der Waals surface area (Å²) in [5, 5.41) is 3.47. The standard InChI is InChI=1S/C19H21ClN2O2/c1-4-11-24-17-9-6-15(7-10-17)13-22(3)19(23)21-16-8-5-14(2)18(20)12-16/h4-10,12H,1,11,13H2,2-3H3,(H,21,23). The fourth-order valence-corrected chi connectivity index (χ4v) is 2.26. The van der Waals surface area contributed by atoms with Crippen molar-refractivity contribution < 1.29 is 9.53 Å². The minimum atomic E-state index is -0.193. The van der Waals surface area contributed by atoms with Crippen LogP contribution in [0.25, 0.3) is 0 Å². The topological polar surface area (TPSA) is 41.6 Å². The third-order valence-electron chi connectivity index (χ3n) is 3.48. The van der Waals surface area contributed by atoms with E-state index < -0.39 is 0 Å². The number of ether oxygens (including phenoxy) is 1. The van der Waals surface area contributed by atoms with E-state index >= 15 is 0 Å². The highest BCUT2D eigenvalue weighted by Crippen LogP contribution is 2.20. The number of rotatable bonds is 6. The number of anilines is 1. The van der Waals surface area contributed by atoms with Gasteiger partial charge >= 0.3 is 6.03 Å². The van der Waals surface area contributed by atoms with Crippen LogP contribution < -0.4 is 10.1 Å². The zero-order valence-corrected chi connectivity index (χ0v) is 14.6. The van der Waals surface area contributed by atoms with Crippen LogP contribution in [0.2, 0.25) is 5.02 Å². The van der Waals surface area contributed by atoms with Gasteiger partial charge in [0.1, 0.15) is 12.4 Å². The van der Waals surface area contributed by atoms with Crippen molar-refractivity contribution >= 4 is 23.3 Å². The van der Waals surface area contributed by atoms with Crippen molar-refractivity contribution in [2.75, 3.05) is 19.0 Å². The average molecular weight is 345 g/mol. The first-order chi connectivity index (χ1) is 11.5. The van der Waals surface area contributed by atoms with Gasteiger partial charge in [0.2, 0.25) is 0 Å². The van der Waals surface area contributed by atoms with Gasteiger partial charge in [0.25, 0.3) is 0 Å². The zero-order valence-electron chi connectivity index (χ0n) is 13.9. The zero-order chi connectivity index (χ0) is 17.5. The predicted octanol–water partition coefficient (Wildman–Crippen LogP) is 4.88. The molecule has 4 nitrogen and oxygen atoms in total. The highest BCUT2D eigenvalue weighted by molar-refractivity contribution is 6.31. The molecule has 2 rings (SSSR count). The quantitative estimate of drug-likeness (QED) is 0.759. The Morgan fingerprint density at radius 3 is 2.62 bits per heavy atom. The van der Waals surface area contributed by atoms with Crippen LogP contribution in [0.4, 0.5) is 10.5 Å². The minimum Gasteiger partial charge on any atom is -0.490 e. The van der Waals surface area contributed by atoms with Crippen LogP contribution in [0, 0.1) is 6.92 Å². The van der Waals surface area contributed by atoms with Crippen molar-refractivity contribution in [3.63, 3.8) is 0 Å². The lowest BCUT2D eigenvalue weighted by atomic mass is 10.2. The molecule has 2 amide bonds. The Kier molecular flexibility index (Phi) is 6.27. The monoisotopic (exact) mass is 344 g/mol. The van der Waals surface area contributed by atoms with Gasteiger partial charge in [-0.05, 0) is 42.3 Å². The summed E-state index contributed by atoms with van der Waals surface area (Å²) in [7, 11) is 1.74. The van der Waals surface area contributed by atoms with E-state index in [1.807, 2.05) is 43.3 Å². The molecule has 0 heterocycles. The van der Waals surface area contributed by atoms with Crippen molar-refractivity contribution in [1.82, 2.24) is 4.90 Å². The maximum atomic E-state index is 12.3. The first-order valence-electron chi connectivity index (χ1n) is 7.60. The largest absolute Gasteiger partial charge is 0.490 e. The number of benzene rings is 2. The van der Waals surface area contributed by atoms with E-state index in [0.29, 0.717) is 23.9 Å². The van der Waals surface area contributed by atoms with Gasteiger partial charge in [-0.25, -0.2) is 4.79 Å². The van der Waals surface area contributed by atoms with Gasteiger partial charge in [-0.2, -0.15) is 0 Å². The summed E-state index contributed by atoms with van der Waals surface area (Å²) in [5.74, 6) is 0.778. The first kappa shape index (κ1) is 17.9. The number of carbonyl (C=O) groups excluding carboxylic acids is 1.